The summed E-state index contributed by atoms with van der Waals surface area (Å²) in [5.74, 6) is -16.8. The number of rotatable bonds is 62. The standard InChI is InChI=1S/C83H137N17O20/c1-47(2)39-58(92-75(114)60(42-54-29-22-21-23-30-54)94-74(113)59(40-48(3)4)93-73(112)56(31-24-27-37-84)90-79(118)68(50(7)8)99-98-51(9)45-101)70(109)71(110)82(12,35-25-19-17-15-14-16-18-20-26-36-83(13,88)81(120)96-55(72(87)111)33-34-64(85)105)46-89-69(53(11)103)80(119)100-38-28-32-62(100)77(116)95-61(43-65(86)106)76(115)97-67(49(5)6)78(117)91-57(44-66(107)108)63(104)41-52(10)102/h16,18,21-23,29-30,45,47-51,53,55-62,67-69,89,98-99,103H,14-15,17,19-20,24-28,31-44,46,84,88H2,1-13H3,(H2,85,105)(H2,86,106)(H2,87,111)(H,90,118)(H,91,117)(H,92,114)(H,93,112)(H,94,113)(H,95,116)(H,96,120)(H,97,115)(H,107,108)/t51-,53+,55-,56-,57-,58-,59-,60-,61-,62-,67-,68-,69-,82-,83-/m0/s1. The number of carboxylic acids is 1. The number of aldehydes is 1. The van der Waals surface area contributed by atoms with Crippen LogP contribution in [0.5, 0.6) is 0 Å². The maximum Gasteiger partial charge on any atom is 0.305 e. The molecule has 1 fully saturated rings. The van der Waals surface area contributed by atoms with E-state index in [9.17, 15) is 82.1 Å². The molecule has 1 aliphatic rings. The molecule has 0 unspecified atom stereocenters. The van der Waals surface area contributed by atoms with Gasteiger partial charge in [0.1, 0.15) is 66.4 Å². The minimum Gasteiger partial charge on any atom is -0.481 e. The number of hydrogen-bond donors (Lipinski definition) is 18. The zero-order valence-corrected chi connectivity index (χ0v) is 72.2. The zero-order valence-electron chi connectivity index (χ0n) is 72.2. The highest BCUT2D eigenvalue weighted by molar-refractivity contribution is 6.41. The van der Waals surface area contributed by atoms with Crippen molar-refractivity contribution in [1.82, 2.24) is 63.6 Å². The summed E-state index contributed by atoms with van der Waals surface area (Å²) in [6.45, 7) is 20.4. The number of Topliss-reactive ketones (excluding diaryl/α,β-unsaturated/α-hetero) is 4. The number of carbonyl (C=O) groups excluding carboxylic acids is 17. The van der Waals surface area contributed by atoms with Gasteiger partial charge in [-0.25, -0.2) is 10.9 Å². The van der Waals surface area contributed by atoms with Gasteiger partial charge in [-0.3, -0.25) is 81.5 Å². The van der Waals surface area contributed by atoms with Crippen LogP contribution < -0.4 is 87.4 Å². The molecule has 0 aliphatic carbocycles. The fourth-order valence-electron chi connectivity index (χ4n) is 13.6. The Kier molecular flexibility index (Phi) is 47.6. The predicted molar refractivity (Wildman–Crippen MR) is 446 cm³/mol. The van der Waals surface area contributed by atoms with E-state index in [1.807, 2.05) is 26.0 Å². The lowest BCUT2D eigenvalue weighted by Gasteiger charge is -2.35. The van der Waals surface area contributed by atoms with Gasteiger partial charge in [0, 0.05) is 31.3 Å². The van der Waals surface area contributed by atoms with Gasteiger partial charge in [-0.1, -0.05) is 124 Å². The fraction of sp³-hybridized carbons (Fsp3) is 0.687. The highest BCUT2D eigenvalue weighted by atomic mass is 16.4. The number of benzene rings is 1. The third-order valence-electron chi connectivity index (χ3n) is 20.6. The van der Waals surface area contributed by atoms with Crippen LogP contribution in [-0.4, -0.2) is 225 Å². The van der Waals surface area contributed by atoms with Crippen molar-refractivity contribution in [3.8, 4) is 0 Å². The summed E-state index contributed by atoms with van der Waals surface area (Å²) in [6, 6.07) is -7.43. The van der Waals surface area contributed by atoms with Gasteiger partial charge in [0.2, 0.25) is 82.5 Å². The number of aliphatic carboxylic acids is 1. The monoisotopic (exact) mass is 1690 g/mol. The molecule has 0 radical (unpaired) electrons. The summed E-state index contributed by atoms with van der Waals surface area (Å²) in [5.41, 5.74) is 31.5. The van der Waals surface area contributed by atoms with E-state index in [0.29, 0.717) is 76.2 Å². The van der Waals surface area contributed by atoms with Crippen LogP contribution in [0.25, 0.3) is 0 Å². The Bertz CT molecular complexity index is 3650. The number of nitrogens with zero attached hydrogens (tertiary/aromatic N) is 1. The molecule has 1 aromatic rings. The molecule has 1 aromatic carbocycles. The van der Waals surface area contributed by atoms with Gasteiger partial charge in [-0.15, -0.1) is 0 Å². The molecule has 0 saturated carbocycles. The summed E-state index contributed by atoms with van der Waals surface area (Å²) >= 11 is 0. The number of aliphatic hydroxyl groups is 1. The van der Waals surface area contributed by atoms with Gasteiger partial charge in [-0.2, -0.15) is 0 Å². The van der Waals surface area contributed by atoms with Crippen LogP contribution in [0.2, 0.25) is 0 Å². The molecule has 0 spiro atoms. The van der Waals surface area contributed by atoms with E-state index in [2.05, 4.69) is 58.7 Å². The van der Waals surface area contributed by atoms with E-state index in [4.69, 9.17) is 28.7 Å². The third kappa shape index (κ3) is 38.7. The molecule has 0 bridgehead atoms. The van der Waals surface area contributed by atoms with Crippen LogP contribution in [0.1, 0.15) is 230 Å². The van der Waals surface area contributed by atoms with Crippen LogP contribution in [0, 0.1) is 29.1 Å². The van der Waals surface area contributed by atoms with E-state index >= 15 is 14.4 Å². The number of primary amides is 3. The first-order chi connectivity index (χ1) is 56.2. The number of allylic oxidation sites excluding steroid dienone is 2. The average Bonchev–Trinajstić information content (AvgIpc) is 1.28. The van der Waals surface area contributed by atoms with Crippen molar-refractivity contribution in [2.24, 2.45) is 57.8 Å². The van der Waals surface area contributed by atoms with Crippen LogP contribution in [-0.2, 0) is 92.7 Å². The minimum absolute atomic E-state index is 0.00117. The van der Waals surface area contributed by atoms with Gasteiger partial charge < -0.3 is 96.4 Å². The molecular weight excluding hydrogens is 1560 g/mol. The molecular formula is C83H137N17O20. The molecule has 674 valence electrons. The summed E-state index contributed by atoms with van der Waals surface area (Å²) in [6.07, 6.45) is 5.42. The second-order valence-electron chi connectivity index (χ2n) is 33.6. The van der Waals surface area contributed by atoms with Crippen molar-refractivity contribution in [3.05, 3.63) is 48.0 Å². The molecule has 37 heteroatoms. The maximum absolute atomic E-state index is 15.5. The molecule has 1 saturated heterocycles. The lowest BCUT2D eigenvalue weighted by Crippen LogP contribution is -2.61. The Hall–Kier alpha value is -9.82. The first-order valence-corrected chi connectivity index (χ1v) is 41.7. The first-order valence-electron chi connectivity index (χ1n) is 41.7. The molecule has 120 heavy (non-hydrogen) atoms. The van der Waals surface area contributed by atoms with Crippen LogP contribution >= 0.6 is 0 Å². The van der Waals surface area contributed by atoms with Crippen LogP contribution in [0.3, 0.4) is 0 Å². The Morgan fingerprint density at radius 3 is 1.68 bits per heavy atom. The highest BCUT2D eigenvalue weighted by Crippen LogP contribution is 2.30. The Morgan fingerprint density at radius 2 is 1.12 bits per heavy atom. The number of carbonyl (C=O) groups is 18. The number of aliphatic hydroxyl groups excluding tert-OH is 1. The van der Waals surface area contributed by atoms with Crippen molar-refractivity contribution >= 4 is 106 Å². The molecule has 37 nitrogen and oxygen atoms in total. The van der Waals surface area contributed by atoms with Gasteiger partial charge in [0.25, 0.3) is 0 Å². The van der Waals surface area contributed by atoms with Crippen molar-refractivity contribution in [1.29, 1.82) is 0 Å². The number of ketones is 4. The second kappa shape index (κ2) is 53.8. The minimum atomic E-state index is -1.78. The molecule has 1 aliphatic heterocycles. The van der Waals surface area contributed by atoms with Crippen molar-refractivity contribution in [3.63, 3.8) is 0 Å². The summed E-state index contributed by atoms with van der Waals surface area (Å²) in [7, 11) is 0. The number of amides is 12. The van der Waals surface area contributed by atoms with Crippen LogP contribution in [0.15, 0.2) is 42.5 Å². The lowest BCUT2D eigenvalue weighted by atomic mass is 9.76. The zero-order chi connectivity index (χ0) is 90.9. The number of nitrogens with two attached hydrogens (primary N) is 5. The summed E-state index contributed by atoms with van der Waals surface area (Å²) < 4.78 is 0. The van der Waals surface area contributed by atoms with E-state index in [1.54, 1.807) is 65.0 Å². The van der Waals surface area contributed by atoms with E-state index in [0.717, 1.165) is 11.8 Å². The number of hydrazine groups is 1. The smallest absolute Gasteiger partial charge is 0.305 e. The van der Waals surface area contributed by atoms with Crippen LogP contribution in [0.4, 0.5) is 0 Å². The van der Waals surface area contributed by atoms with Gasteiger partial charge >= 0.3 is 5.97 Å². The van der Waals surface area contributed by atoms with Crippen molar-refractivity contribution in [2.45, 2.75) is 315 Å². The molecule has 1 heterocycles. The van der Waals surface area contributed by atoms with Gasteiger partial charge in [0.05, 0.1) is 49.0 Å². The van der Waals surface area contributed by atoms with Gasteiger partial charge in [-0.05, 0) is 153 Å². The molecule has 0 aromatic heterocycles. The largest absolute Gasteiger partial charge is 0.481 e. The quantitative estimate of drug-likeness (QED) is 0.00985. The third-order valence-corrected chi connectivity index (χ3v) is 20.6. The maximum atomic E-state index is 15.5. The van der Waals surface area contributed by atoms with E-state index < -0.39 is 221 Å². The topological polar surface area (TPSA) is 613 Å². The molecule has 12 amide bonds. The number of likely N-dealkylation sites (tertiary alicyclic amines) is 1. The number of hydrogen-bond acceptors (Lipinski definition) is 24. The van der Waals surface area contributed by atoms with E-state index in [1.165, 1.54) is 34.6 Å². The van der Waals surface area contributed by atoms with Gasteiger partial charge in [0.15, 0.2) is 5.78 Å². The first kappa shape index (κ1) is 106. The van der Waals surface area contributed by atoms with E-state index in [-0.39, 0.29) is 88.5 Å². The Balaban J connectivity index is 2.67. The molecule has 2 rings (SSSR count). The second-order valence-corrected chi connectivity index (χ2v) is 33.6. The predicted octanol–water partition coefficient (Wildman–Crippen LogP) is -0.401. The summed E-state index contributed by atoms with van der Waals surface area (Å²) in [5, 5.41) is 45.0. The Labute approximate surface area is 704 Å². The number of unbranched alkanes of at least 4 members (excludes halogenated alkanes) is 6. The van der Waals surface area contributed by atoms with Crippen molar-refractivity contribution in [2.75, 3.05) is 19.6 Å². The summed E-state index contributed by atoms with van der Waals surface area (Å²) in [4.78, 5) is 244. The Morgan fingerprint density at radius 1 is 0.567 bits per heavy atom. The highest BCUT2D eigenvalue weighted by Gasteiger charge is 2.46. The number of nitrogens with one attached hydrogen (secondary N) is 11. The SMILES string of the molecule is CC(=O)CC(=O)[C@H](CC(=O)O)NC(=O)[C@@H](NC(=O)[C@H](CC(N)=O)NC(=O)[C@@H]1CCCN1C(=O)[C@@H](NC[C@](C)(CCCCCCC=CCCC[C@](C)(N)C(=O)N[C@@H](CCC(N)=O)C(N)=O)C(=O)C(=O)[C@H](CC(C)C)NC(=O)[C@H](Cc1ccccc1)NC(=O)[C@H](CC(C)C)NC(=O)[C@H](CCCCN)NC(=O)[C@@H](NN[C@@H](C)C=O)C(C)C)[C@@H](C)O)C(C)C. The average molecular weight is 1690 g/mol. The molecule has 15 atom stereocenters. The molecule has 23 N–H and O–H groups in total. The van der Waals surface area contributed by atoms with Crippen molar-refractivity contribution < 1.29 is 96.5 Å². The number of carboxylic acid groups (broad SMARTS) is 1. The normalized spacial score (nSPS) is 16.9. The lowest BCUT2D eigenvalue weighted by molar-refractivity contribution is -0.146. The fourth-order valence-corrected chi connectivity index (χ4v) is 13.6.